The van der Waals surface area contributed by atoms with Crippen molar-refractivity contribution in [2.24, 2.45) is 0 Å². The van der Waals surface area contributed by atoms with Crippen molar-refractivity contribution in [3.63, 3.8) is 0 Å². The third-order valence-corrected chi connectivity index (χ3v) is 6.87. The van der Waals surface area contributed by atoms with Gasteiger partial charge in [-0.25, -0.2) is 0 Å². The smallest absolute Gasteiger partial charge is 0.0201 e. The second kappa shape index (κ2) is 6.65. The van der Waals surface area contributed by atoms with Gasteiger partial charge < -0.3 is 0 Å². The van der Waals surface area contributed by atoms with Crippen molar-refractivity contribution in [2.75, 3.05) is 0 Å². The van der Waals surface area contributed by atoms with E-state index < -0.39 is 0 Å². The average molecular weight is 387 g/mol. The zero-order valence-electron chi connectivity index (χ0n) is 15.8. The predicted molar refractivity (Wildman–Crippen MR) is 127 cm³/mol. The van der Waals surface area contributed by atoms with Crippen molar-refractivity contribution in [3.8, 4) is 0 Å². The Hall–Kier alpha value is -3.29. The summed E-state index contributed by atoms with van der Waals surface area (Å²) in [4.78, 5) is 2.60. The molecule has 1 heteroatoms. The van der Waals surface area contributed by atoms with Crippen molar-refractivity contribution in [3.05, 3.63) is 109 Å². The average Bonchev–Trinajstić information content (AvgIpc) is 2.79. The maximum Gasteiger partial charge on any atom is 0.0201 e. The lowest BCUT2D eigenvalue weighted by Crippen LogP contribution is -1.83. The van der Waals surface area contributed by atoms with Crippen molar-refractivity contribution in [2.45, 2.75) is 9.79 Å². The first kappa shape index (κ1) is 16.6. The maximum atomic E-state index is 2.26. The van der Waals surface area contributed by atoms with Crippen LogP contribution in [0, 0.1) is 0 Å². The fourth-order valence-corrected chi connectivity index (χ4v) is 5.43. The molecule has 29 heavy (non-hydrogen) atoms. The van der Waals surface area contributed by atoms with Crippen LogP contribution in [0.4, 0.5) is 0 Å². The summed E-state index contributed by atoms with van der Waals surface area (Å²) in [5.41, 5.74) is 0. The number of fused-ring (bicyclic) bond motifs is 6. The summed E-state index contributed by atoms with van der Waals surface area (Å²) in [5, 5.41) is 10.5. The lowest BCUT2D eigenvalue weighted by atomic mass is 10.0. The van der Waals surface area contributed by atoms with E-state index in [1.54, 1.807) is 0 Å². The van der Waals surface area contributed by atoms with E-state index in [0.29, 0.717) is 0 Å². The molecule has 6 aromatic carbocycles. The molecule has 0 atom stereocenters. The number of rotatable bonds is 2. The Labute approximate surface area is 173 Å². The van der Waals surface area contributed by atoms with Crippen LogP contribution in [0.5, 0.6) is 0 Å². The SMILES string of the molecule is c1ccc2c(c1)ccc1c(Sc3cccc4c3ccc3ccccc34)cccc12. The van der Waals surface area contributed by atoms with Gasteiger partial charge in [0.2, 0.25) is 0 Å². The van der Waals surface area contributed by atoms with Crippen LogP contribution in [0.2, 0.25) is 0 Å². The van der Waals surface area contributed by atoms with Crippen LogP contribution >= 0.6 is 11.8 Å². The lowest BCUT2D eigenvalue weighted by molar-refractivity contribution is 1.50. The molecule has 0 nitrogen and oxygen atoms in total. The third kappa shape index (κ3) is 2.70. The van der Waals surface area contributed by atoms with Gasteiger partial charge in [-0.05, 0) is 55.2 Å². The van der Waals surface area contributed by atoms with E-state index in [1.807, 2.05) is 11.8 Å². The molecule has 0 aromatic heterocycles. The van der Waals surface area contributed by atoms with E-state index in [4.69, 9.17) is 0 Å². The second-order valence-electron chi connectivity index (χ2n) is 7.38. The van der Waals surface area contributed by atoms with Gasteiger partial charge in [0.15, 0.2) is 0 Å². The zero-order chi connectivity index (χ0) is 19.2. The molecule has 0 bridgehead atoms. The van der Waals surface area contributed by atoms with Crippen LogP contribution < -0.4 is 0 Å². The van der Waals surface area contributed by atoms with Gasteiger partial charge in [-0.1, -0.05) is 109 Å². The van der Waals surface area contributed by atoms with Gasteiger partial charge in [-0.15, -0.1) is 0 Å². The summed E-state index contributed by atoms with van der Waals surface area (Å²) in [6.45, 7) is 0. The van der Waals surface area contributed by atoms with Crippen molar-refractivity contribution in [1.82, 2.24) is 0 Å². The van der Waals surface area contributed by atoms with Gasteiger partial charge in [0.05, 0.1) is 0 Å². The predicted octanol–water partition coefficient (Wildman–Crippen LogP) is 8.45. The number of hydrogen-bond donors (Lipinski definition) is 0. The van der Waals surface area contributed by atoms with Gasteiger partial charge in [0, 0.05) is 9.79 Å². The maximum absolute atomic E-state index is 2.26. The van der Waals surface area contributed by atoms with E-state index in [-0.39, 0.29) is 0 Å². The van der Waals surface area contributed by atoms with E-state index in [1.165, 1.54) is 52.9 Å². The van der Waals surface area contributed by atoms with Crippen molar-refractivity contribution < 1.29 is 0 Å². The molecule has 0 aliphatic heterocycles. The quantitative estimate of drug-likeness (QED) is 0.269. The molecule has 0 heterocycles. The number of benzene rings is 6. The van der Waals surface area contributed by atoms with E-state index in [2.05, 4.69) is 109 Å². The molecule has 0 unspecified atom stereocenters. The minimum Gasteiger partial charge on any atom is -0.0888 e. The summed E-state index contributed by atoms with van der Waals surface area (Å²) >= 11 is 1.86. The zero-order valence-corrected chi connectivity index (χ0v) is 16.6. The fraction of sp³-hybridized carbons (Fsp3) is 0. The molecule has 6 aromatic rings. The van der Waals surface area contributed by atoms with Crippen molar-refractivity contribution in [1.29, 1.82) is 0 Å². The lowest BCUT2D eigenvalue weighted by Gasteiger charge is -2.12. The normalized spacial score (nSPS) is 11.6. The Kier molecular flexibility index (Phi) is 3.82. The summed E-state index contributed by atoms with van der Waals surface area (Å²) in [6, 6.07) is 39.6. The van der Waals surface area contributed by atoms with Crippen LogP contribution in [0.25, 0.3) is 43.1 Å². The Morgan fingerprint density at radius 1 is 0.310 bits per heavy atom. The molecule has 6 rings (SSSR count). The van der Waals surface area contributed by atoms with Gasteiger partial charge in [0.25, 0.3) is 0 Å². The van der Waals surface area contributed by atoms with Crippen LogP contribution in [0.15, 0.2) is 119 Å². The van der Waals surface area contributed by atoms with Crippen molar-refractivity contribution >= 4 is 54.9 Å². The van der Waals surface area contributed by atoms with E-state index in [0.717, 1.165) is 0 Å². The summed E-state index contributed by atoms with van der Waals surface area (Å²) in [7, 11) is 0. The van der Waals surface area contributed by atoms with Gasteiger partial charge >= 0.3 is 0 Å². The molecule has 0 N–H and O–H groups in total. The van der Waals surface area contributed by atoms with Crippen LogP contribution in [0.3, 0.4) is 0 Å². The minimum atomic E-state index is 1.29. The highest BCUT2D eigenvalue weighted by Gasteiger charge is 2.09. The second-order valence-corrected chi connectivity index (χ2v) is 8.46. The monoisotopic (exact) mass is 386 g/mol. The van der Waals surface area contributed by atoms with E-state index in [9.17, 15) is 0 Å². The fourth-order valence-electron chi connectivity index (χ4n) is 4.32. The largest absolute Gasteiger partial charge is 0.0888 e. The Balaban J connectivity index is 1.56. The highest BCUT2D eigenvalue weighted by molar-refractivity contribution is 7.99. The standard InChI is InChI=1S/C28H18S/c1-3-9-21-19(7-1)15-17-25-23(21)11-5-13-27(25)29-28-14-6-12-24-22-10-4-2-8-20(22)16-18-26(24)28/h1-18H. The van der Waals surface area contributed by atoms with Gasteiger partial charge in [-0.2, -0.15) is 0 Å². The third-order valence-electron chi connectivity index (χ3n) is 5.71. The Morgan fingerprint density at radius 2 is 0.759 bits per heavy atom. The van der Waals surface area contributed by atoms with Crippen LogP contribution in [-0.2, 0) is 0 Å². The number of hydrogen-bond acceptors (Lipinski definition) is 1. The minimum absolute atomic E-state index is 1.29. The highest BCUT2D eigenvalue weighted by Crippen LogP contribution is 2.40. The Morgan fingerprint density at radius 3 is 1.28 bits per heavy atom. The Bertz CT molecular complexity index is 1410. The molecule has 0 saturated carbocycles. The molecular formula is C28H18S. The van der Waals surface area contributed by atoms with Crippen LogP contribution in [0.1, 0.15) is 0 Å². The van der Waals surface area contributed by atoms with Gasteiger partial charge in [-0.3, -0.25) is 0 Å². The molecule has 0 amide bonds. The summed E-state index contributed by atoms with van der Waals surface area (Å²) in [6.07, 6.45) is 0. The first-order valence-electron chi connectivity index (χ1n) is 9.87. The molecule has 136 valence electrons. The molecule has 0 aliphatic rings. The molecule has 0 aliphatic carbocycles. The summed E-state index contributed by atoms with van der Waals surface area (Å²) in [5.74, 6) is 0. The van der Waals surface area contributed by atoms with Crippen LogP contribution in [-0.4, -0.2) is 0 Å². The topological polar surface area (TPSA) is 0 Å². The highest BCUT2D eigenvalue weighted by atomic mass is 32.2. The van der Waals surface area contributed by atoms with Gasteiger partial charge in [0.1, 0.15) is 0 Å². The first-order valence-corrected chi connectivity index (χ1v) is 10.7. The first-order chi connectivity index (χ1) is 14.4. The van der Waals surface area contributed by atoms with E-state index >= 15 is 0 Å². The molecule has 0 radical (unpaired) electrons. The molecule has 0 fully saturated rings. The molecule has 0 saturated heterocycles. The summed E-state index contributed by atoms with van der Waals surface area (Å²) < 4.78 is 0. The molecule has 0 spiro atoms. The molecular weight excluding hydrogens is 368 g/mol.